The standard InChI is InChI=1S/C18H11ClN4O2S/c19-13-3-1-11(2-4-13)9-14-16(24)21-18-23(22-14)17(25)15(26-18)10-12-5-7-20-8-6-12/h1-8,10H,9H2/b15-10-. The number of hydrogen-bond donors (Lipinski definition) is 0. The molecule has 0 aliphatic rings. The summed E-state index contributed by atoms with van der Waals surface area (Å²) in [6, 6.07) is 10.7. The Hall–Kier alpha value is -2.90. The van der Waals surface area contributed by atoms with Crippen molar-refractivity contribution in [2.45, 2.75) is 6.42 Å². The van der Waals surface area contributed by atoms with Gasteiger partial charge < -0.3 is 0 Å². The van der Waals surface area contributed by atoms with Crippen LogP contribution in [-0.2, 0) is 6.42 Å². The zero-order chi connectivity index (χ0) is 18.1. The van der Waals surface area contributed by atoms with Crippen LogP contribution in [-0.4, -0.2) is 19.6 Å². The molecule has 0 unspecified atom stereocenters. The second kappa shape index (κ2) is 6.78. The first kappa shape index (κ1) is 16.6. The van der Waals surface area contributed by atoms with Crippen LogP contribution in [0.4, 0.5) is 0 Å². The number of fused-ring (bicyclic) bond motifs is 1. The molecule has 0 spiro atoms. The maximum atomic E-state index is 12.6. The van der Waals surface area contributed by atoms with E-state index in [9.17, 15) is 9.59 Å². The van der Waals surface area contributed by atoms with E-state index in [-0.39, 0.29) is 22.6 Å². The van der Waals surface area contributed by atoms with Gasteiger partial charge in [0.05, 0.1) is 4.53 Å². The summed E-state index contributed by atoms with van der Waals surface area (Å²) in [6.45, 7) is 0. The molecule has 0 atom stereocenters. The molecule has 3 aromatic heterocycles. The average Bonchev–Trinajstić information content (AvgIpc) is 2.93. The number of benzene rings is 1. The molecular formula is C18H11ClN4O2S. The first-order chi connectivity index (χ1) is 12.6. The maximum absolute atomic E-state index is 12.6. The van der Waals surface area contributed by atoms with Crippen molar-refractivity contribution in [3.8, 4) is 0 Å². The molecule has 0 saturated heterocycles. The highest BCUT2D eigenvalue weighted by molar-refractivity contribution is 7.15. The molecule has 0 bridgehead atoms. The molecule has 0 aliphatic heterocycles. The van der Waals surface area contributed by atoms with Crippen LogP contribution < -0.4 is 15.7 Å². The molecule has 128 valence electrons. The van der Waals surface area contributed by atoms with Gasteiger partial charge in [-0.15, -0.1) is 0 Å². The number of pyridine rings is 1. The Morgan fingerprint density at radius 3 is 2.54 bits per heavy atom. The van der Waals surface area contributed by atoms with Crippen LogP contribution in [0, 0.1) is 0 Å². The summed E-state index contributed by atoms with van der Waals surface area (Å²) >= 11 is 7.01. The quantitative estimate of drug-likeness (QED) is 0.539. The largest absolute Gasteiger partial charge is 0.296 e. The van der Waals surface area contributed by atoms with Gasteiger partial charge in [-0.05, 0) is 41.5 Å². The van der Waals surface area contributed by atoms with Crippen LogP contribution in [0.15, 0.2) is 58.4 Å². The second-order valence-electron chi connectivity index (χ2n) is 5.56. The Labute approximate surface area is 156 Å². The van der Waals surface area contributed by atoms with Crippen molar-refractivity contribution < 1.29 is 0 Å². The van der Waals surface area contributed by atoms with Crippen molar-refractivity contribution in [3.05, 3.63) is 95.9 Å². The molecule has 0 aliphatic carbocycles. The summed E-state index contributed by atoms with van der Waals surface area (Å²) in [6.07, 6.45) is 5.31. The molecule has 26 heavy (non-hydrogen) atoms. The Morgan fingerprint density at radius 1 is 1.08 bits per heavy atom. The van der Waals surface area contributed by atoms with Gasteiger partial charge in [-0.3, -0.25) is 14.6 Å². The third-order valence-electron chi connectivity index (χ3n) is 3.74. The van der Waals surface area contributed by atoms with E-state index in [1.165, 1.54) is 4.52 Å². The van der Waals surface area contributed by atoms with Gasteiger partial charge in [0.15, 0.2) is 0 Å². The first-order valence-corrected chi connectivity index (χ1v) is 8.88. The van der Waals surface area contributed by atoms with Crippen LogP contribution >= 0.6 is 22.9 Å². The molecule has 4 rings (SSSR count). The molecule has 1 aromatic carbocycles. The van der Waals surface area contributed by atoms with Crippen LogP contribution in [0.25, 0.3) is 11.0 Å². The molecule has 0 fully saturated rings. The van der Waals surface area contributed by atoms with E-state index in [4.69, 9.17) is 11.6 Å². The van der Waals surface area contributed by atoms with E-state index < -0.39 is 5.56 Å². The molecule has 6 nitrogen and oxygen atoms in total. The minimum Gasteiger partial charge on any atom is -0.266 e. The number of thiazole rings is 1. The van der Waals surface area contributed by atoms with E-state index >= 15 is 0 Å². The fraction of sp³-hybridized carbons (Fsp3) is 0.0556. The molecular weight excluding hydrogens is 372 g/mol. The number of nitrogens with zero attached hydrogens (tertiary/aromatic N) is 4. The molecule has 0 saturated carbocycles. The highest BCUT2D eigenvalue weighted by atomic mass is 35.5. The summed E-state index contributed by atoms with van der Waals surface area (Å²) in [7, 11) is 0. The normalized spacial score (nSPS) is 12.0. The molecule has 8 heteroatoms. The molecule has 4 aromatic rings. The van der Waals surface area contributed by atoms with E-state index in [0.717, 1.165) is 22.5 Å². The highest BCUT2D eigenvalue weighted by Crippen LogP contribution is 2.11. The van der Waals surface area contributed by atoms with Gasteiger partial charge in [0.25, 0.3) is 11.1 Å². The summed E-state index contributed by atoms with van der Waals surface area (Å²) in [4.78, 5) is 33.1. The zero-order valence-corrected chi connectivity index (χ0v) is 14.9. The average molecular weight is 383 g/mol. The Morgan fingerprint density at radius 2 is 1.81 bits per heavy atom. The van der Waals surface area contributed by atoms with Crippen molar-refractivity contribution in [1.29, 1.82) is 0 Å². The predicted molar refractivity (Wildman–Crippen MR) is 101 cm³/mol. The maximum Gasteiger partial charge on any atom is 0.296 e. The molecule has 3 heterocycles. The van der Waals surface area contributed by atoms with Crippen molar-refractivity contribution in [3.63, 3.8) is 0 Å². The second-order valence-corrected chi connectivity index (χ2v) is 7.00. The topological polar surface area (TPSA) is 77.2 Å². The van der Waals surface area contributed by atoms with Crippen LogP contribution in [0.2, 0.25) is 5.02 Å². The van der Waals surface area contributed by atoms with E-state index in [0.29, 0.717) is 9.55 Å². The smallest absolute Gasteiger partial charge is 0.266 e. The lowest BCUT2D eigenvalue weighted by Gasteiger charge is -2.00. The summed E-state index contributed by atoms with van der Waals surface area (Å²) in [5.41, 5.74) is 1.19. The zero-order valence-electron chi connectivity index (χ0n) is 13.3. The minimum atomic E-state index is -0.434. The van der Waals surface area contributed by atoms with Crippen LogP contribution in [0.5, 0.6) is 0 Å². The Balaban J connectivity index is 1.80. The van der Waals surface area contributed by atoms with Gasteiger partial charge in [0.2, 0.25) is 4.96 Å². The highest BCUT2D eigenvalue weighted by Gasteiger charge is 2.11. The first-order valence-electron chi connectivity index (χ1n) is 7.69. The molecule has 0 radical (unpaired) electrons. The minimum absolute atomic E-state index is 0.218. The third-order valence-corrected chi connectivity index (χ3v) is 4.95. The number of aromatic nitrogens is 4. The van der Waals surface area contributed by atoms with Gasteiger partial charge in [0.1, 0.15) is 5.69 Å². The number of rotatable bonds is 3. The third kappa shape index (κ3) is 3.26. The lowest BCUT2D eigenvalue weighted by molar-refractivity contribution is 0.811. The Kier molecular flexibility index (Phi) is 4.32. The van der Waals surface area contributed by atoms with Crippen molar-refractivity contribution in [2.24, 2.45) is 0 Å². The van der Waals surface area contributed by atoms with Crippen LogP contribution in [0.1, 0.15) is 16.8 Å². The number of hydrogen-bond acceptors (Lipinski definition) is 6. The number of halogens is 1. The lowest BCUT2D eigenvalue weighted by Crippen LogP contribution is -2.28. The summed E-state index contributed by atoms with van der Waals surface area (Å²) in [5, 5.41) is 4.84. The van der Waals surface area contributed by atoms with E-state index in [1.54, 1.807) is 42.7 Å². The van der Waals surface area contributed by atoms with Gasteiger partial charge in [0, 0.05) is 23.8 Å². The molecule has 0 N–H and O–H groups in total. The van der Waals surface area contributed by atoms with E-state index in [1.807, 2.05) is 12.1 Å². The SMILES string of the molecule is O=c1nc2s/c(=C\c3ccncc3)c(=O)n2nc1Cc1ccc(Cl)cc1. The van der Waals surface area contributed by atoms with Gasteiger partial charge >= 0.3 is 0 Å². The summed E-state index contributed by atoms with van der Waals surface area (Å²) < 4.78 is 1.64. The fourth-order valence-corrected chi connectivity index (χ4v) is 3.49. The summed E-state index contributed by atoms with van der Waals surface area (Å²) in [5.74, 6) is 0. The van der Waals surface area contributed by atoms with Crippen molar-refractivity contribution in [1.82, 2.24) is 19.6 Å². The Bertz CT molecular complexity index is 1250. The lowest BCUT2D eigenvalue weighted by atomic mass is 10.1. The predicted octanol–water partition coefficient (Wildman–Crippen LogP) is 1.70. The van der Waals surface area contributed by atoms with Gasteiger partial charge in [-0.25, -0.2) is 0 Å². The van der Waals surface area contributed by atoms with E-state index in [2.05, 4.69) is 15.1 Å². The van der Waals surface area contributed by atoms with Gasteiger partial charge in [-0.1, -0.05) is 35.1 Å². The van der Waals surface area contributed by atoms with Crippen LogP contribution in [0.3, 0.4) is 0 Å². The van der Waals surface area contributed by atoms with Crippen molar-refractivity contribution >= 4 is 34.0 Å². The van der Waals surface area contributed by atoms with Gasteiger partial charge in [-0.2, -0.15) is 14.6 Å². The van der Waals surface area contributed by atoms with Crippen molar-refractivity contribution in [2.75, 3.05) is 0 Å². The fourth-order valence-electron chi connectivity index (χ4n) is 2.46. The monoisotopic (exact) mass is 382 g/mol. The molecule has 0 amide bonds.